The number of benzene rings is 9. The Hall–Kier alpha value is -9.51. The van der Waals surface area contributed by atoms with Crippen molar-refractivity contribution < 1.29 is 65.9 Å². The van der Waals surface area contributed by atoms with E-state index in [-0.39, 0.29) is 72.2 Å². The van der Waals surface area contributed by atoms with Crippen molar-refractivity contribution in [3.63, 3.8) is 0 Å². The number of ether oxygens (including phenoxy) is 3. The first-order chi connectivity index (χ1) is 49.6. The third-order valence-corrected chi connectivity index (χ3v) is 22.0. The van der Waals surface area contributed by atoms with Gasteiger partial charge in [-0.25, -0.2) is 8.78 Å². The van der Waals surface area contributed by atoms with E-state index in [1.807, 2.05) is 78.9 Å². The predicted octanol–water partition coefficient (Wildman–Crippen LogP) is 18.3. The molecule has 3 saturated heterocycles. The summed E-state index contributed by atoms with van der Waals surface area (Å²) in [6.45, 7) is 7.77. The number of ketones is 3. The third kappa shape index (κ3) is 16.2. The lowest BCUT2D eigenvalue weighted by Crippen LogP contribution is -2.49. The molecular formula is C81H69ClF5N3O9S3. The molecule has 0 amide bonds. The Balaban J connectivity index is 0.000000137. The van der Waals surface area contributed by atoms with Crippen molar-refractivity contribution in [2.45, 2.75) is 0 Å². The molecule has 3 aromatic heterocycles. The van der Waals surface area contributed by atoms with Gasteiger partial charge >= 0.3 is 0 Å². The largest absolute Gasteiger partial charge is 0.508 e. The number of hydrogen-bond acceptors (Lipinski definition) is 15. The molecule has 6 heterocycles. The number of nitrogens with zero attached hydrogens (tertiary/aromatic N) is 3. The Morgan fingerprint density at radius 1 is 0.412 bits per heavy atom. The van der Waals surface area contributed by atoms with E-state index in [0.717, 1.165) is 128 Å². The molecule has 0 bridgehead atoms. The monoisotopic (exact) mass is 1450 g/mol. The molecule has 0 unspecified atom stereocenters. The van der Waals surface area contributed by atoms with E-state index in [9.17, 15) is 51.7 Å². The normalized spacial score (nSPS) is 14.3. The standard InChI is InChI=1S/C27H23ClFNO3S.2C27H23F2NO3S/c28-23-4-2-1-3-21(23)26(32)27-25(22-10-7-19(31)13-24(22)34-27)18-5-8-20(9-6-18)33-12-11-30-15-17(14-29)16-30;28-14-17-15-30(16-17)11-12-33-22-8-3-18(4-9-22)25-23-10-7-21(31)13-24(23)34-27(25)26(32)19-1-5-20(29)6-2-19;28-14-17-15-30(16-17)11-12-33-20-8-5-18(6-9-20)25-22-10-7-19(31)13-24(22)34-27(25)26(32)21-3-1-2-4-23(21)29/h3*1-10,13,17,31H,11-12,14-16H2. The minimum Gasteiger partial charge on any atom is -0.508 e. The number of hydrogen-bond donors (Lipinski definition) is 3. The maximum absolute atomic E-state index is 14.4. The van der Waals surface area contributed by atoms with Gasteiger partial charge in [-0.2, -0.15) is 0 Å². The predicted molar refractivity (Wildman–Crippen MR) is 396 cm³/mol. The fourth-order valence-corrected chi connectivity index (χ4v) is 16.6. The van der Waals surface area contributed by atoms with Gasteiger partial charge in [-0.1, -0.05) is 72.3 Å². The number of fused-ring (bicyclic) bond motifs is 3. The second-order valence-corrected chi connectivity index (χ2v) is 28.9. The number of carbonyl (C=O) groups excluding carboxylic acids is 3. The highest BCUT2D eigenvalue weighted by molar-refractivity contribution is 7.22. The summed E-state index contributed by atoms with van der Waals surface area (Å²) in [7, 11) is 0. The van der Waals surface area contributed by atoms with Crippen LogP contribution in [0.15, 0.2) is 200 Å². The zero-order valence-electron chi connectivity index (χ0n) is 55.0. The maximum atomic E-state index is 14.4. The molecule has 0 atom stereocenters. The average molecular weight is 1460 g/mol. The van der Waals surface area contributed by atoms with Crippen LogP contribution in [0.3, 0.4) is 0 Å². The van der Waals surface area contributed by atoms with Gasteiger partial charge in [-0.3, -0.25) is 42.3 Å². The molecule has 9 aromatic carbocycles. The van der Waals surface area contributed by atoms with Gasteiger partial charge in [0.1, 0.15) is 66.0 Å². The van der Waals surface area contributed by atoms with Crippen LogP contribution < -0.4 is 14.2 Å². The van der Waals surface area contributed by atoms with Gasteiger partial charge in [0.25, 0.3) is 0 Å². The van der Waals surface area contributed by atoms with Crippen LogP contribution in [0.5, 0.6) is 34.5 Å². The number of carbonyl (C=O) groups is 3. The molecule has 522 valence electrons. The molecule has 0 spiro atoms. The van der Waals surface area contributed by atoms with Crippen LogP contribution in [0.4, 0.5) is 22.0 Å². The zero-order chi connectivity index (χ0) is 71.0. The second kappa shape index (κ2) is 32.2. The van der Waals surface area contributed by atoms with Crippen LogP contribution in [0.2, 0.25) is 5.02 Å². The van der Waals surface area contributed by atoms with Gasteiger partial charge in [0.2, 0.25) is 17.3 Å². The zero-order valence-corrected chi connectivity index (χ0v) is 58.2. The van der Waals surface area contributed by atoms with Crippen molar-refractivity contribution >= 4 is 93.2 Å². The van der Waals surface area contributed by atoms with Gasteiger partial charge < -0.3 is 29.5 Å². The van der Waals surface area contributed by atoms with Gasteiger partial charge in [-0.15, -0.1) is 34.0 Å². The lowest BCUT2D eigenvalue weighted by molar-refractivity contribution is 0.0668. The highest BCUT2D eigenvalue weighted by atomic mass is 35.5. The van der Waals surface area contributed by atoms with Crippen LogP contribution in [-0.4, -0.2) is 146 Å². The summed E-state index contributed by atoms with van der Waals surface area (Å²) >= 11 is 10.2. The first-order valence-corrected chi connectivity index (χ1v) is 36.1. The van der Waals surface area contributed by atoms with E-state index in [1.54, 1.807) is 84.9 Å². The SMILES string of the molecule is O=C(c1ccc(F)cc1)c1sc2cc(O)ccc2c1-c1ccc(OCCN2CC(CF)C2)cc1.O=C(c1ccccc1Cl)c1sc2cc(O)ccc2c1-c1ccc(OCCN2CC(CF)C2)cc1.O=C(c1ccccc1F)c1sc2cc(O)ccc2c1-c1ccc(OCCN2CC(CF)C2)cc1. The van der Waals surface area contributed by atoms with Gasteiger partial charge in [-0.05, 0) is 156 Å². The van der Waals surface area contributed by atoms with Gasteiger partial charge in [0.15, 0.2) is 0 Å². The summed E-state index contributed by atoms with van der Waals surface area (Å²) in [5.41, 5.74) is 5.70. The number of rotatable bonds is 24. The van der Waals surface area contributed by atoms with Crippen molar-refractivity contribution in [1.29, 1.82) is 0 Å². The molecule has 15 rings (SSSR count). The fourth-order valence-electron chi connectivity index (χ4n) is 12.8. The molecule has 3 aliphatic rings. The van der Waals surface area contributed by atoms with Crippen molar-refractivity contribution in [1.82, 2.24) is 14.7 Å². The molecule has 0 aliphatic carbocycles. The van der Waals surface area contributed by atoms with Crippen LogP contribution >= 0.6 is 45.6 Å². The minimum atomic E-state index is -0.567. The molecule has 0 saturated carbocycles. The number of thiophene rings is 3. The lowest BCUT2D eigenvalue weighted by atomic mass is 9.98. The first-order valence-electron chi connectivity index (χ1n) is 33.3. The number of phenolic OH excluding ortho intramolecular Hbond substituents is 3. The molecule has 0 radical (unpaired) electrons. The Morgan fingerprint density at radius 3 is 1.10 bits per heavy atom. The summed E-state index contributed by atoms with van der Waals surface area (Å²) in [4.78, 5) is 48.1. The molecule has 21 heteroatoms. The second-order valence-electron chi connectivity index (χ2n) is 25.4. The van der Waals surface area contributed by atoms with Crippen molar-refractivity contribution in [3.8, 4) is 67.9 Å². The quantitative estimate of drug-likeness (QED) is 0.0390. The molecule has 12 aromatic rings. The topological polar surface area (TPSA) is 149 Å². The molecule has 3 aliphatic heterocycles. The van der Waals surface area contributed by atoms with E-state index >= 15 is 0 Å². The maximum Gasteiger partial charge on any atom is 0.206 e. The summed E-state index contributed by atoms with van der Waals surface area (Å²) in [5.74, 6) is 1.32. The van der Waals surface area contributed by atoms with Crippen LogP contribution in [0.1, 0.15) is 45.7 Å². The van der Waals surface area contributed by atoms with E-state index in [1.165, 1.54) is 70.4 Å². The number of aromatic hydroxyl groups is 3. The van der Waals surface area contributed by atoms with Crippen molar-refractivity contribution in [2.24, 2.45) is 17.8 Å². The third-order valence-electron chi connectivity index (χ3n) is 18.2. The van der Waals surface area contributed by atoms with E-state index in [2.05, 4.69) is 14.7 Å². The number of halogens is 6. The Bertz CT molecular complexity index is 4750. The Kier molecular flexibility index (Phi) is 22.4. The van der Waals surface area contributed by atoms with Gasteiger partial charge in [0, 0.05) is 135 Å². The number of likely N-dealkylation sites (tertiary alicyclic amines) is 3. The average Bonchev–Trinajstić information content (AvgIpc) is 1.63. The van der Waals surface area contributed by atoms with E-state index in [0.29, 0.717) is 61.9 Å². The summed E-state index contributed by atoms with van der Waals surface area (Å²) < 4.78 is 85.4. The van der Waals surface area contributed by atoms with Gasteiger partial charge in [0.05, 0.1) is 45.2 Å². The molecular weight excluding hydrogens is 1390 g/mol. The molecule has 3 N–H and O–H groups in total. The Morgan fingerprint density at radius 2 is 0.745 bits per heavy atom. The van der Waals surface area contributed by atoms with Crippen LogP contribution in [0, 0.1) is 29.4 Å². The minimum absolute atomic E-state index is 0.0143. The van der Waals surface area contributed by atoms with Crippen LogP contribution in [-0.2, 0) is 0 Å². The molecule has 12 nitrogen and oxygen atoms in total. The van der Waals surface area contributed by atoms with Crippen LogP contribution in [0.25, 0.3) is 63.6 Å². The first kappa shape index (κ1) is 70.9. The molecule has 3 fully saturated rings. The molecule has 102 heavy (non-hydrogen) atoms. The summed E-state index contributed by atoms with van der Waals surface area (Å²) in [6, 6.07) is 56.3. The summed E-state index contributed by atoms with van der Waals surface area (Å²) in [6.07, 6.45) is 0. The van der Waals surface area contributed by atoms with Crippen molar-refractivity contribution in [3.05, 3.63) is 248 Å². The number of phenols is 3. The van der Waals surface area contributed by atoms with E-state index in [4.69, 9.17) is 25.8 Å². The smallest absolute Gasteiger partial charge is 0.206 e. The Labute approximate surface area is 602 Å². The summed E-state index contributed by atoms with van der Waals surface area (Å²) in [5, 5.41) is 32.8. The number of alkyl halides is 3. The highest BCUT2D eigenvalue weighted by Gasteiger charge is 2.30. The van der Waals surface area contributed by atoms with E-state index < -0.39 is 17.4 Å². The fraction of sp³-hybridized carbons (Fsp3) is 0.222. The van der Waals surface area contributed by atoms with Crippen molar-refractivity contribution in [2.75, 3.05) is 98.7 Å². The lowest BCUT2D eigenvalue weighted by Gasteiger charge is -2.37. The highest BCUT2D eigenvalue weighted by Crippen LogP contribution is 2.46.